The summed E-state index contributed by atoms with van der Waals surface area (Å²) in [4.78, 5) is 58.3. The van der Waals surface area contributed by atoms with Gasteiger partial charge in [-0.05, 0) is 29.8 Å². The maximum Gasteiger partial charge on any atom is 0.255 e. The van der Waals surface area contributed by atoms with Crippen molar-refractivity contribution in [2.45, 2.75) is 18.0 Å². The molecule has 0 saturated carbocycles. The molecule has 8 heteroatoms. The Morgan fingerprint density at radius 3 is 2.31 bits per heavy atom. The van der Waals surface area contributed by atoms with Crippen LogP contribution in [0, 0.1) is 11.8 Å². The first kappa shape index (κ1) is 20.7. The number of benzene rings is 2. The number of likely N-dealkylation sites (tertiary alicyclic amines) is 2. The van der Waals surface area contributed by atoms with Crippen LogP contribution in [0.2, 0.25) is 5.02 Å². The summed E-state index contributed by atoms with van der Waals surface area (Å²) in [5.41, 5.74) is -0.292. The minimum absolute atomic E-state index is 0.154. The van der Waals surface area contributed by atoms with Gasteiger partial charge in [-0.2, -0.15) is 0 Å². The summed E-state index contributed by atoms with van der Waals surface area (Å²) in [5, 5.41) is 0.488. The minimum atomic E-state index is -1.47. The highest BCUT2D eigenvalue weighted by molar-refractivity contribution is 6.30. The lowest BCUT2D eigenvalue weighted by Crippen LogP contribution is -2.69. The van der Waals surface area contributed by atoms with Gasteiger partial charge in [0, 0.05) is 37.6 Å². The van der Waals surface area contributed by atoms with Crippen LogP contribution in [0.15, 0.2) is 54.6 Å². The molecule has 2 aromatic rings. The average Bonchev–Trinajstić information content (AvgIpc) is 3.16. The van der Waals surface area contributed by atoms with E-state index in [0.29, 0.717) is 10.6 Å². The largest absolute Gasteiger partial charge is 0.342 e. The molecule has 0 radical (unpaired) electrons. The average molecular weight is 452 g/mol. The first-order chi connectivity index (χ1) is 15.3. The van der Waals surface area contributed by atoms with Gasteiger partial charge in [0.05, 0.1) is 17.9 Å². The molecule has 3 saturated heterocycles. The molecular formula is C24H22ClN3O4. The first-order valence-electron chi connectivity index (χ1n) is 10.5. The number of nitrogens with zero attached hydrogens (tertiary/aromatic N) is 3. The Labute approximate surface area is 190 Å². The molecule has 0 N–H and O–H groups in total. The van der Waals surface area contributed by atoms with E-state index in [1.165, 1.54) is 11.9 Å². The van der Waals surface area contributed by atoms with Crippen LogP contribution in [0.3, 0.4) is 0 Å². The Morgan fingerprint density at radius 2 is 1.66 bits per heavy atom. The van der Waals surface area contributed by atoms with Gasteiger partial charge in [0.25, 0.3) is 5.91 Å². The molecule has 0 spiro atoms. The number of piperazine rings is 1. The summed E-state index contributed by atoms with van der Waals surface area (Å²) in [6, 6.07) is 15.2. The zero-order valence-electron chi connectivity index (χ0n) is 17.7. The summed E-state index contributed by atoms with van der Waals surface area (Å²) < 4.78 is 0. The molecule has 4 amide bonds. The van der Waals surface area contributed by atoms with Crippen molar-refractivity contribution in [2.24, 2.45) is 11.8 Å². The molecule has 3 fully saturated rings. The monoisotopic (exact) mass is 451 g/mol. The predicted octanol–water partition coefficient (Wildman–Crippen LogP) is 1.85. The molecule has 3 heterocycles. The minimum Gasteiger partial charge on any atom is -0.342 e. The van der Waals surface area contributed by atoms with Crippen molar-refractivity contribution >= 4 is 35.2 Å². The van der Waals surface area contributed by atoms with E-state index in [4.69, 9.17) is 11.6 Å². The number of carbonyl (C=O) groups is 4. The van der Waals surface area contributed by atoms with E-state index in [0.717, 1.165) is 10.5 Å². The summed E-state index contributed by atoms with van der Waals surface area (Å²) in [6.45, 7) is 0.197. The van der Waals surface area contributed by atoms with Gasteiger partial charge in [0.15, 0.2) is 0 Å². The van der Waals surface area contributed by atoms with Crippen molar-refractivity contribution in [2.75, 3.05) is 20.6 Å². The topological polar surface area (TPSA) is 78.0 Å². The Balaban J connectivity index is 1.72. The molecule has 2 bridgehead atoms. The lowest BCUT2D eigenvalue weighted by atomic mass is 9.75. The summed E-state index contributed by atoms with van der Waals surface area (Å²) in [6.07, 6.45) is 0.154. The number of fused-ring (bicyclic) bond motifs is 5. The SMILES string of the molecule is CN1CC2C3C(=O)N(C)C(=O)C3[C@](Cc3ccccc3)(C1=O)N2C(=O)c1ccc(Cl)cc1. The number of likely N-dealkylation sites (N-methyl/N-ethyl adjacent to an activating group) is 1. The Bertz CT molecular complexity index is 1140. The van der Waals surface area contributed by atoms with Crippen molar-refractivity contribution in [1.29, 1.82) is 0 Å². The van der Waals surface area contributed by atoms with Crippen molar-refractivity contribution < 1.29 is 19.2 Å². The normalized spacial score (nSPS) is 29.0. The van der Waals surface area contributed by atoms with Gasteiger partial charge in [0.1, 0.15) is 5.54 Å². The third-order valence-corrected chi connectivity index (χ3v) is 7.32. The molecule has 3 aliphatic rings. The van der Waals surface area contributed by atoms with Crippen LogP contribution in [0.1, 0.15) is 15.9 Å². The van der Waals surface area contributed by atoms with Crippen LogP contribution in [0.5, 0.6) is 0 Å². The Kier molecular flexibility index (Phi) is 4.64. The molecule has 4 atom stereocenters. The number of carbonyl (C=O) groups excluding carboxylic acids is 4. The molecule has 0 aromatic heterocycles. The molecule has 3 unspecified atom stereocenters. The van der Waals surface area contributed by atoms with Crippen LogP contribution in [0.25, 0.3) is 0 Å². The molecule has 3 aliphatic heterocycles. The van der Waals surface area contributed by atoms with Gasteiger partial charge in [0.2, 0.25) is 17.7 Å². The van der Waals surface area contributed by atoms with Crippen molar-refractivity contribution in [3.63, 3.8) is 0 Å². The number of imide groups is 1. The standard InChI is InChI=1S/C24H22ClN3O4/c1-26-13-17-18-19(22(31)27(2)21(18)30)24(23(26)32,12-14-6-4-3-5-7-14)28(17)20(29)15-8-10-16(25)11-9-15/h3-11,17-19H,12-13H2,1-2H3/t17?,18?,19?,24-/m1/s1. The van der Waals surface area contributed by atoms with Gasteiger partial charge in [-0.1, -0.05) is 41.9 Å². The molecule has 2 aromatic carbocycles. The van der Waals surface area contributed by atoms with E-state index in [9.17, 15) is 19.2 Å². The van der Waals surface area contributed by atoms with Crippen LogP contribution in [0.4, 0.5) is 0 Å². The van der Waals surface area contributed by atoms with E-state index >= 15 is 0 Å². The molecule has 7 nitrogen and oxygen atoms in total. The fraction of sp³-hybridized carbons (Fsp3) is 0.333. The van der Waals surface area contributed by atoms with Crippen LogP contribution >= 0.6 is 11.6 Å². The third-order valence-electron chi connectivity index (χ3n) is 7.07. The van der Waals surface area contributed by atoms with Gasteiger partial charge < -0.3 is 9.80 Å². The van der Waals surface area contributed by atoms with Gasteiger partial charge in [-0.15, -0.1) is 0 Å². The fourth-order valence-corrected chi connectivity index (χ4v) is 5.82. The van der Waals surface area contributed by atoms with Crippen LogP contribution in [-0.4, -0.2) is 70.5 Å². The smallest absolute Gasteiger partial charge is 0.255 e. The second kappa shape index (κ2) is 7.17. The zero-order valence-corrected chi connectivity index (χ0v) is 18.5. The molecule has 0 aliphatic carbocycles. The molecule has 164 valence electrons. The number of halogens is 1. The van der Waals surface area contributed by atoms with E-state index in [2.05, 4.69) is 0 Å². The Morgan fingerprint density at radius 1 is 1.00 bits per heavy atom. The second-order valence-corrected chi connectivity index (χ2v) is 9.20. The summed E-state index contributed by atoms with van der Waals surface area (Å²) in [7, 11) is 3.12. The zero-order chi connectivity index (χ0) is 22.8. The van der Waals surface area contributed by atoms with E-state index < -0.39 is 29.3 Å². The highest BCUT2D eigenvalue weighted by Crippen LogP contribution is 2.53. The number of hydrogen-bond acceptors (Lipinski definition) is 4. The predicted molar refractivity (Wildman–Crippen MR) is 117 cm³/mol. The van der Waals surface area contributed by atoms with Crippen molar-refractivity contribution in [1.82, 2.24) is 14.7 Å². The van der Waals surface area contributed by atoms with E-state index in [-0.39, 0.29) is 30.7 Å². The molecule has 32 heavy (non-hydrogen) atoms. The number of amides is 4. The van der Waals surface area contributed by atoms with Gasteiger partial charge >= 0.3 is 0 Å². The maximum absolute atomic E-state index is 13.8. The van der Waals surface area contributed by atoms with Crippen LogP contribution in [-0.2, 0) is 20.8 Å². The lowest BCUT2D eigenvalue weighted by Gasteiger charge is -2.48. The van der Waals surface area contributed by atoms with Crippen LogP contribution < -0.4 is 0 Å². The van der Waals surface area contributed by atoms with E-state index in [1.54, 1.807) is 36.2 Å². The van der Waals surface area contributed by atoms with Crippen molar-refractivity contribution in [3.8, 4) is 0 Å². The highest BCUT2D eigenvalue weighted by Gasteiger charge is 2.74. The summed E-state index contributed by atoms with van der Waals surface area (Å²) >= 11 is 6.00. The first-order valence-corrected chi connectivity index (χ1v) is 10.9. The molecule has 5 rings (SSSR count). The quantitative estimate of drug-likeness (QED) is 0.667. The maximum atomic E-state index is 13.8. The summed E-state index contributed by atoms with van der Waals surface area (Å²) in [5.74, 6) is -3.10. The van der Waals surface area contributed by atoms with Gasteiger partial charge in [-0.25, -0.2) is 0 Å². The number of hydrogen-bond donors (Lipinski definition) is 0. The third kappa shape index (κ3) is 2.67. The number of rotatable bonds is 3. The second-order valence-electron chi connectivity index (χ2n) is 8.76. The van der Waals surface area contributed by atoms with Crippen molar-refractivity contribution in [3.05, 3.63) is 70.7 Å². The lowest BCUT2D eigenvalue weighted by molar-refractivity contribution is -0.154. The molecular weight excluding hydrogens is 430 g/mol. The highest BCUT2D eigenvalue weighted by atomic mass is 35.5. The van der Waals surface area contributed by atoms with Gasteiger partial charge in [-0.3, -0.25) is 24.1 Å². The van der Waals surface area contributed by atoms with E-state index in [1.807, 2.05) is 30.3 Å². The fourth-order valence-electron chi connectivity index (χ4n) is 5.70. The Hall–Kier alpha value is -3.19.